The summed E-state index contributed by atoms with van der Waals surface area (Å²) >= 11 is 0. The summed E-state index contributed by atoms with van der Waals surface area (Å²) in [5, 5.41) is 3.10. The highest BCUT2D eigenvalue weighted by Gasteiger charge is 2.29. The van der Waals surface area contributed by atoms with Gasteiger partial charge >= 0.3 is 0 Å². The molecule has 6 heteroatoms. The van der Waals surface area contributed by atoms with E-state index in [0.29, 0.717) is 5.69 Å². The minimum atomic E-state index is -3.94. The van der Waals surface area contributed by atoms with Gasteiger partial charge in [0.05, 0.1) is 16.6 Å². The van der Waals surface area contributed by atoms with Crippen molar-refractivity contribution < 1.29 is 13.2 Å². The number of nitrogens with one attached hydrogen (secondary N) is 1. The third-order valence-electron chi connectivity index (χ3n) is 6.77. The van der Waals surface area contributed by atoms with E-state index in [1.54, 1.807) is 30.3 Å². The largest absolute Gasteiger partial charge is 0.348 e. The first-order valence-corrected chi connectivity index (χ1v) is 13.8. The van der Waals surface area contributed by atoms with Crippen LogP contribution < -0.4 is 9.62 Å². The first kappa shape index (κ1) is 25.0. The topological polar surface area (TPSA) is 66.5 Å². The maximum atomic E-state index is 13.7. The molecule has 0 fully saturated rings. The Hall–Kier alpha value is -3.12. The van der Waals surface area contributed by atoms with Crippen molar-refractivity contribution in [3.63, 3.8) is 0 Å². The average molecular weight is 491 g/mol. The third-order valence-corrected chi connectivity index (χ3v) is 8.54. The van der Waals surface area contributed by atoms with E-state index in [-0.39, 0.29) is 23.4 Å². The second-order valence-corrected chi connectivity index (χ2v) is 11.2. The smallest absolute Gasteiger partial charge is 0.264 e. The molecule has 0 bridgehead atoms. The molecule has 0 heterocycles. The summed E-state index contributed by atoms with van der Waals surface area (Å²) < 4.78 is 28.6. The first-order chi connectivity index (χ1) is 16.8. The Labute approximate surface area is 209 Å². The number of rotatable bonds is 8. The number of sulfonamides is 1. The van der Waals surface area contributed by atoms with E-state index in [1.807, 2.05) is 39.0 Å². The molecule has 0 saturated heterocycles. The van der Waals surface area contributed by atoms with Gasteiger partial charge in [-0.3, -0.25) is 9.10 Å². The Bertz CT molecular complexity index is 1300. The summed E-state index contributed by atoms with van der Waals surface area (Å²) in [6.45, 7) is 5.53. The molecule has 0 aliphatic heterocycles. The van der Waals surface area contributed by atoms with E-state index in [9.17, 15) is 13.2 Å². The van der Waals surface area contributed by atoms with E-state index in [2.05, 4.69) is 23.5 Å². The molecule has 0 saturated carbocycles. The van der Waals surface area contributed by atoms with Crippen molar-refractivity contribution in [1.29, 1.82) is 0 Å². The molecule has 1 amide bonds. The molecule has 3 aromatic rings. The SMILES string of the molecule is CC[C@H](NC(=O)CN(c1cc(C)ccc1C)S(=O)(=O)c1ccccc1)c1ccc2c(c1)CCCC2. The van der Waals surface area contributed by atoms with Gasteiger partial charge < -0.3 is 5.32 Å². The number of carbonyl (C=O) groups is 1. The van der Waals surface area contributed by atoms with Gasteiger partial charge in [0.1, 0.15) is 6.54 Å². The second kappa shape index (κ2) is 10.6. The van der Waals surface area contributed by atoms with Gasteiger partial charge in [-0.25, -0.2) is 8.42 Å². The molecule has 0 spiro atoms. The number of anilines is 1. The first-order valence-electron chi connectivity index (χ1n) is 12.4. The fraction of sp³-hybridized carbons (Fsp3) is 0.345. The van der Waals surface area contributed by atoms with Gasteiger partial charge in [0.2, 0.25) is 5.91 Å². The summed E-state index contributed by atoms with van der Waals surface area (Å²) in [6.07, 6.45) is 5.33. The number of amides is 1. The number of hydrogen-bond donors (Lipinski definition) is 1. The summed E-state index contributed by atoms with van der Waals surface area (Å²) in [4.78, 5) is 13.5. The van der Waals surface area contributed by atoms with Crippen LogP contribution in [0.3, 0.4) is 0 Å². The minimum absolute atomic E-state index is 0.162. The zero-order valence-electron chi connectivity index (χ0n) is 20.8. The molecule has 184 valence electrons. The Morgan fingerprint density at radius 2 is 1.66 bits per heavy atom. The van der Waals surface area contributed by atoms with E-state index in [4.69, 9.17) is 0 Å². The van der Waals surface area contributed by atoms with Crippen LogP contribution in [0.1, 0.15) is 60.0 Å². The Balaban J connectivity index is 1.62. The highest BCUT2D eigenvalue weighted by molar-refractivity contribution is 7.92. The molecule has 0 unspecified atom stereocenters. The highest BCUT2D eigenvalue weighted by Crippen LogP contribution is 2.29. The highest BCUT2D eigenvalue weighted by atomic mass is 32.2. The lowest BCUT2D eigenvalue weighted by molar-refractivity contribution is -0.120. The zero-order valence-corrected chi connectivity index (χ0v) is 21.6. The van der Waals surface area contributed by atoms with Crippen LogP contribution in [0.15, 0.2) is 71.6 Å². The predicted octanol–water partition coefficient (Wildman–Crippen LogP) is 5.65. The number of fused-ring (bicyclic) bond motifs is 1. The van der Waals surface area contributed by atoms with Crippen molar-refractivity contribution in [2.75, 3.05) is 10.8 Å². The maximum absolute atomic E-state index is 13.7. The molecule has 5 nitrogen and oxygen atoms in total. The molecule has 3 aromatic carbocycles. The van der Waals surface area contributed by atoms with Crippen molar-refractivity contribution in [2.24, 2.45) is 0 Å². The van der Waals surface area contributed by atoms with Gasteiger partial charge in [-0.15, -0.1) is 0 Å². The lowest BCUT2D eigenvalue weighted by atomic mass is 9.89. The molecule has 1 aliphatic rings. The number of aryl methyl sites for hydroxylation is 4. The normalized spacial score (nSPS) is 14.1. The fourth-order valence-corrected chi connectivity index (χ4v) is 6.27. The summed E-state index contributed by atoms with van der Waals surface area (Å²) in [7, 11) is -3.94. The number of benzene rings is 3. The van der Waals surface area contributed by atoms with Crippen LogP contribution in [0.25, 0.3) is 0 Å². The van der Waals surface area contributed by atoms with Gasteiger partial charge in [-0.1, -0.05) is 55.5 Å². The maximum Gasteiger partial charge on any atom is 0.264 e. The van der Waals surface area contributed by atoms with Crippen LogP contribution in [-0.4, -0.2) is 20.9 Å². The quantitative estimate of drug-likeness (QED) is 0.444. The Morgan fingerprint density at radius 3 is 2.37 bits per heavy atom. The van der Waals surface area contributed by atoms with Crippen LogP contribution in [0, 0.1) is 13.8 Å². The van der Waals surface area contributed by atoms with Crippen molar-refractivity contribution in [3.05, 3.63) is 94.5 Å². The van der Waals surface area contributed by atoms with Crippen LogP contribution in [0.4, 0.5) is 5.69 Å². The van der Waals surface area contributed by atoms with Gasteiger partial charge in [0.15, 0.2) is 0 Å². The van der Waals surface area contributed by atoms with Crippen LogP contribution in [-0.2, 0) is 27.7 Å². The minimum Gasteiger partial charge on any atom is -0.348 e. The zero-order chi connectivity index (χ0) is 25.0. The molecule has 0 aromatic heterocycles. The molecule has 4 rings (SSSR count). The van der Waals surface area contributed by atoms with E-state index in [0.717, 1.165) is 36.0 Å². The Morgan fingerprint density at radius 1 is 0.943 bits per heavy atom. The average Bonchev–Trinajstić information content (AvgIpc) is 2.87. The number of nitrogens with zero attached hydrogens (tertiary/aromatic N) is 1. The van der Waals surface area contributed by atoms with Gasteiger partial charge in [-0.2, -0.15) is 0 Å². The van der Waals surface area contributed by atoms with Gasteiger partial charge in [0, 0.05) is 0 Å². The molecule has 1 aliphatic carbocycles. The van der Waals surface area contributed by atoms with Crippen molar-refractivity contribution in [3.8, 4) is 0 Å². The fourth-order valence-electron chi connectivity index (χ4n) is 4.77. The van der Waals surface area contributed by atoms with Crippen LogP contribution >= 0.6 is 0 Å². The molecule has 1 atom stereocenters. The van der Waals surface area contributed by atoms with Crippen molar-refractivity contribution in [2.45, 2.75) is 63.8 Å². The molecule has 0 radical (unpaired) electrons. The third kappa shape index (κ3) is 5.59. The summed E-state index contributed by atoms with van der Waals surface area (Å²) in [5.41, 5.74) is 6.09. The Kier molecular flexibility index (Phi) is 7.60. The second-order valence-electron chi connectivity index (χ2n) is 9.38. The lowest BCUT2D eigenvalue weighted by Gasteiger charge is -2.27. The van der Waals surface area contributed by atoms with Gasteiger partial charge in [0.25, 0.3) is 10.0 Å². The van der Waals surface area contributed by atoms with Crippen LogP contribution in [0.2, 0.25) is 0 Å². The standard InChI is InChI=1S/C29H34N2O3S/c1-4-27(25-17-16-23-10-8-9-11-24(23)19-25)30-29(32)20-31(28-18-21(2)14-15-22(28)3)35(33,34)26-12-6-5-7-13-26/h5-7,12-19,27H,4,8-11,20H2,1-3H3,(H,30,32)/t27-/m0/s1. The van der Waals surface area contributed by atoms with Gasteiger partial charge in [-0.05, 0) is 92.0 Å². The van der Waals surface area contributed by atoms with E-state index >= 15 is 0 Å². The van der Waals surface area contributed by atoms with E-state index in [1.165, 1.54) is 28.3 Å². The lowest BCUT2D eigenvalue weighted by Crippen LogP contribution is -2.42. The monoisotopic (exact) mass is 490 g/mol. The summed E-state index contributed by atoms with van der Waals surface area (Å²) in [5.74, 6) is -0.324. The predicted molar refractivity (Wildman–Crippen MR) is 141 cm³/mol. The van der Waals surface area contributed by atoms with Crippen molar-refractivity contribution >= 4 is 21.6 Å². The molecular formula is C29H34N2O3S. The summed E-state index contributed by atoms with van der Waals surface area (Å²) in [6, 6.07) is 20.3. The van der Waals surface area contributed by atoms with E-state index < -0.39 is 10.0 Å². The number of carbonyl (C=O) groups excluding carboxylic acids is 1. The van der Waals surface area contributed by atoms with Crippen LogP contribution in [0.5, 0.6) is 0 Å². The molecule has 1 N–H and O–H groups in total. The van der Waals surface area contributed by atoms with Crippen molar-refractivity contribution in [1.82, 2.24) is 5.32 Å². The molecule has 35 heavy (non-hydrogen) atoms. The molecular weight excluding hydrogens is 456 g/mol. The number of hydrogen-bond acceptors (Lipinski definition) is 3.